The van der Waals surface area contributed by atoms with Crippen LogP contribution in [0.2, 0.25) is 0 Å². The second-order valence-corrected chi connectivity index (χ2v) is 10.8. The summed E-state index contributed by atoms with van der Waals surface area (Å²) in [7, 11) is 6.47. The molecule has 4 atom stereocenters. The van der Waals surface area contributed by atoms with E-state index < -0.39 is 17.9 Å². The molecule has 1 saturated heterocycles. The summed E-state index contributed by atoms with van der Waals surface area (Å²) in [6.07, 6.45) is 5.04. The number of imidazole rings is 1. The Hall–Kier alpha value is -5.27. The number of amides is 1. The fourth-order valence-corrected chi connectivity index (χ4v) is 6.49. The SMILES string of the molecule is COc1cc([C@@H]2c3cc4c(cc3[C@@H](NC(=O)Cn3cc(-c5cncn5C)nn3)[C@H]3COC(=O)[C@H]23)OCO4)cc(OC)c1OC. The van der Waals surface area contributed by atoms with Gasteiger partial charge in [0.15, 0.2) is 23.0 Å². The van der Waals surface area contributed by atoms with E-state index in [2.05, 4.69) is 20.6 Å². The van der Waals surface area contributed by atoms with Gasteiger partial charge < -0.3 is 38.3 Å². The highest BCUT2D eigenvalue weighted by atomic mass is 16.7. The number of hydrogen-bond acceptors (Lipinski definition) is 11. The van der Waals surface area contributed by atoms with Gasteiger partial charge in [-0.05, 0) is 41.0 Å². The Morgan fingerprint density at radius 3 is 2.41 bits per heavy atom. The lowest BCUT2D eigenvalue weighted by Gasteiger charge is -2.39. The van der Waals surface area contributed by atoms with E-state index >= 15 is 0 Å². The lowest BCUT2D eigenvalue weighted by atomic mass is 9.65. The third kappa shape index (κ3) is 4.44. The maximum Gasteiger partial charge on any atom is 0.310 e. The molecule has 4 aromatic rings. The Morgan fingerprint density at radius 2 is 1.75 bits per heavy atom. The second-order valence-electron chi connectivity index (χ2n) is 10.8. The summed E-state index contributed by atoms with van der Waals surface area (Å²) >= 11 is 0. The maximum absolute atomic E-state index is 13.5. The predicted molar refractivity (Wildman–Crippen MR) is 152 cm³/mol. The zero-order valence-electron chi connectivity index (χ0n) is 24.5. The number of cyclic esters (lactones) is 1. The second kappa shape index (κ2) is 10.8. The number of benzene rings is 2. The van der Waals surface area contributed by atoms with Crippen molar-refractivity contribution in [2.24, 2.45) is 18.9 Å². The first-order valence-electron chi connectivity index (χ1n) is 14.0. The van der Waals surface area contributed by atoms with Crippen molar-refractivity contribution >= 4 is 11.9 Å². The Kier molecular flexibility index (Phi) is 6.75. The molecular weight excluding hydrogens is 572 g/mol. The van der Waals surface area contributed by atoms with Crippen molar-refractivity contribution in [3.05, 3.63) is 59.7 Å². The molecule has 14 heteroatoms. The Bertz CT molecular complexity index is 1740. The Labute approximate surface area is 251 Å². The summed E-state index contributed by atoms with van der Waals surface area (Å²) < 4.78 is 37.2. The molecule has 2 aromatic carbocycles. The van der Waals surface area contributed by atoms with Crippen LogP contribution < -0.4 is 29.0 Å². The van der Waals surface area contributed by atoms with Crippen molar-refractivity contribution in [1.82, 2.24) is 29.9 Å². The van der Waals surface area contributed by atoms with Gasteiger partial charge in [-0.3, -0.25) is 9.59 Å². The summed E-state index contributed by atoms with van der Waals surface area (Å²) in [5.74, 6) is 0.380. The van der Waals surface area contributed by atoms with Crippen LogP contribution in [0.15, 0.2) is 43.0 Å². The number of nitrogens with zero attached hydrogens (tertiary/aromatic N) is 5. The van der Waals surface area contributed by atoms with Crippen LogP contribution in [-0.4, -0.2) is 71.2 Å². The van der Waals surface area contributed by atoms with Crippen LogP contribution in [0.25, 0.3) is 11.4 Å². The standard InChI is InChI=1S/C30H30N6O8/c1-35-13-31-9-20(35)19-10-36(34-33-19)11-25(37)32-28-17-8-22-21(43-14-44-22)7-16(17)26(27-18(28)12-42-30(27)38)15-5-23(39-2)29(41-4)24(6-15)40-3/h5-10,13,18,26-28H,11-12,14H2,1-4H3,(H,32,37)/t18-,26+,27-,28+/m0/s1. The molecule has 228 valence electrons. The van der Waals surface area contributed by atoms with Crippen LogP contribution in [0.5, 0.6) is 28.7 Å². The average molecular weight is 603 g/mol. The van der Waals surface area contributed by atoms with Crippen molar-refractivity contribution in [3.8, 4) is 40.1 Å². The van der Waals surface area contributed by atoms with E-state index in [0.717, 1.165) is 22.4 Å². The number of rotatable bonds is 8. The van der Waals surface area contributed by atoms with E-state index in [9.17, 15) is 9.59 Å². The number of aromatic nitrogens is 5. The van der Waals surface area contributed by atoms with Crippen molar-refractivity contribution < 1.29 is 38.0 Å². The van der Waals surface area contributed by atoms with Crippen LogP contribution >= 0.6 is 0 Å². The van der Waals surface area contributed by atoms with Crippen molar-refractivity contribution in [1.29, 1.82) is 0 Å². The van der Waals surface area contributed by atoms with E-state index in [0.29, 0.717) is 34.4 Å². The van der Waals surface area contributed by atoms with Crippen molar-refractivity contribution in [3.63, 3.8) is 0 Å². The smallest absolute Gasteiger partial charge is 0.310 e. The molecular formula is C30H30N6O8. The van der Waals surface area contributed by atoms with Crippen LogP contribution in [0.3, 0.4) is 0 Å². The predicted octanol–water partition coefficient (Wildman–Crippen LogP) is 2.23. The molecule has 0 radical (unpaired) electrons. The molecule has 44 heavy (non-hydrogen) atoms. The van der Waals surface area contributed by atoms with E-state index in [1.807, 2.05) is 35.9 Å². The number of nitrogens with one attached hydrogen (secondary N) is 1. The van der Waals surface area contributed by atoms with E-state index in [1.54, 1.807) is 32.9 Å². The minimum Gasteiger partial charge on any atom is -0.493 e. The monoisotopic (exact) mass is 602 g/mol. The number of fused-ring (bicyclic) bond motifs is 3. The number of carbonyl (C=O) groups is 2. The molecule has 1 aliphatic carbocycles. The molecule has 1 N–H and O–H groups in total. The van der Waals surface area contributed by atoms with E-state index in [-0.39, 0.29) is 37.7 Å². The average Bonchev–Trinajstić information content (AvgIpc) is 3.84. The molecule has 4 heterocycles. The summed E-state index contributed by atoms with van der Waals surface area (Å²) in [5, 5.41) is 11.5. The molecule has 0 unspecified atom stereocenters. The summed E-state index contributed by atoms with van der Waals surface area (Å²) in [5.41, 5.74) is 3.74. The number of esters is 1. The molecule has 0 spiro atoms. The fourth-order valence-electron chi connectivity index (χ4n) is 6.49. The minimum absolute atomic E-state index is 0.0737. The Morgan fingerprint density at radius 1 is 1.02 bits per heavy atom. The lowest BCUT2D eigenvalue weighted by Crippen LogP contribution is -2.43. The molecule has 2 aliphatic heterocycles. The summed E-state index contributed by atoms with van der Waals surface area (Å²) in [4.78, 5) is 31.0. The molecule has 2 aromatic heterocycles. The number of hydrogen-bond donors (Lipinski definition) is 1. The van der Waals surface area contributed by atoms with E-state index in [4.69, 9.17) is 28.4 Å². The normalized spacial score (nSPS) is 21.3. The van der Waals surface area contributed by atoms with Crippen molar-refractivity contribution in [2.75, 3.05) is 34.7 Å². The maximum atomic E-state index is 13.5. The largest absolute Gasteiger partial charge is 0.493 e. The molecule has 7 rings (SSSR count). The summed E-state index contributed by atoms with van der Waals surface area (Å²) in [6, 6.07) is 6.88. The number of aryl methyl sites for hydroxylation is 1. The molecule has 3 aliphatic rings. The van der Waals surface area contributed by atoms with Gasteiger partial charge in [0.1, 0.15) is 12.2 Å². The number of ether oxygens (including phenoxy) is 6. The van der Waals surface area contributed by atoms with Crippen LogP contribution in [0.4, 0.5) is 0 Å². The van der Waals surface area contributed by atoms with Gasteiger partial charge in [-0.2, -0.15) is 0 Å². The lowest BCUT2D eigenvalue weighted by molar-refractivity contribution is -0.141. The molecule has 1 fully saturated rings. The number of methoxy groups -OCH3 is 3. The zero-order valence-corrected chi connectivity index (χ0v) is 24.5. The third-order valence-electron chi connectivity index (χ3n) is 8.47. The van der Waals surface area contributed by atoms with Gasteiger partial charge in [0.05, 0.1) is 64.3 Å². The van der Waals surface area contributed by atoms with Gasteiger partial charge in [0.25, 0.3) is 0 Å². The van der Waals surface area contributed by atoms with Crippen molar-refractivity contribution in [2.45, 2.75) is 18.5 Å². The van der Waals surface area contributed by atoms with Gasteiger partial charge >= 0.3 is 5.97 Å². The van der Waals surface area contributed by atoms with Gasteiger partial charge in [0.2, 0.25) is 18.4 Å². The third-order valence-corrected chi connectivity index (χ3v) is 8.47. The molecule has 14 nitrogen and oxygen atoms in total. The highest BCUT2D eigenvalue weighted by Crippen LogP contribution is 2.55. The topological polar surface area (TPSA) is 150 Å². The van der Waals surface area contributed by atoms with E-state index in [1.165, 1.54) is 11.8 Å². The minimum atomic E-state index is -0.612. The quantitative estimate of drug-likeness (QED) is 0.296. The van der Waals surface area contributed by atoms with Crippen LogP contribution in [-0.2, 0) is 27.9 Å². The molecule has 1 amide bonds. The number of carbonyl (C=O) groups excluding carboxylic acids is 2. The first-order chi connectivity index (χ1) is 21.4. The molecule has 0 bridgehead atoms. The Balaban J connectivity index is 1.27. The highest BCUT2D eigenvalue weighted by Gasteiger charge is 2.53. The van der Waals surface area contributed by atoms with Gasteiger partial charge in [-0.1, -0.05) is 5.21 Å². The first kappa shape index (κ1) is 27.6. The first-order valence-corrected chi connectivity index (χ1v) is 14.0. The van der Waals surface area contributed by atoms with Crippen LogP contribution in [0.1, 0.15) is 28.7 Å². The highest BCUT2D eigenvalue weighted by molar-refractivity contribution is 5.81. The summed E-state index contributed by atoms with van der Waals surface area (Å²) in [6.45, 7) is 0.130. The van der Waals surface area contributed by atoms with Crippen LogP contribution in [0, 0.1) is 11.8 Å². The fraction of sp³-hybridized carbons (Fsp3) is 0.367. The van der Waals surface area contributed by atoms with Gasteiger partial charge in [0, 0.05) is 18.9 Å². The van der Waals surface area contributed by atoms with Gasteiger partial charge in [-0.15, -0.1) is 5.10 Å². The molecule has 0 saturated carbocycles. The van der Waals surface area contributed by atoms with Gasteiger partial charge in [-0.25, -0.2) is 9.67 Å². The zero-order chi connectivity index (χ0) is 30.5.